The Bertz CT molecular complexity index is 1030. The van der Waals surface area contributed by atoms with Crippen LogP contribution < -0.4 is 4.90 Å². The Morgan fingerprint density at radius 2 is 1.94 bits per heavy atom. The molecule has 6 heteroatoms. The van der Waals surface area contributed by atoms with Crippen LogP contribution in [0.3, 0.4) is 0 Å². The van der Waals surface area contributed by atoms with Gasteiger partial charge in [-0.2, -0.15) is 0 Å². The van der Waals surface area contributed by atoms with Gasteiger partial charge in [0.2, 0.25) is 5.91 Å². The van der Waals surface area contributed by atoms with Crippen molar-refractivity contribution in [2.75, 3.05) is 18.0 Å². The third-order valence-electron chi connectivity index (χ3n) is 5.74. The van der Waals surface area contributed by atoms with Crippen LogP contribution >= 0.6 is 24.0 Å². The first-order valence-corrected chi connectivity index (χ1v) is 12.0. The molecule has 4 nitrogen and oxygen atoms in total. The summed E-state index contributed by atoms with van der Waals surface area (Å²) < 4.78 is 0.567. The first-order chi connectivity index (χ1) is 15.1. The largest absolute Gasteiger partial charge is 0.312 e. The zero-order valence-electron chi connectivity index (χ0n) is 17.7. The van der Waals surface area contributed by atoms with E-state index >= 15 is 0 Å². The Morgan fingerprint density at radius 1 is 1.16 bits per heavy atom. The van der Waals surface area contributed by atoms with E-state index < -0.39 is 0 Å². The number of aryl methyl sites for hydroxylation is 2. The summed E-state index contributed by atoms with van der Waals surface area (Å²) in [7, 11) is 0. The van der Waals surface area contributed by atoms with Crippen LogP contribution in [0.5, 0.6) is 0 Å². The normalized spacial score (nSPS) is 17.4. The highest BCUT2D eigenvalue weighted by molar-refractivity contribution is 8.26. The maximum Gasteiger partial charge on any atom is 0.266 e. The highest BCUT2D eigenvalue weighted by Gasteiger charge is 2.32. The van der Waals surface area contributed by atoms with Gasteiger partial charge in [0.25, 0.3) is 5.91 Å². The van der Waals surface area contributed by atoms with Gasteiger partial charge >= 0.3 is 0 Å². The monoisotopic (exact) mass is 450 g/mol. The number of amides is 2. The van der Waals surface area contributed by atoms with Crippen LogP contribution in [0.15, 0.2) is 53.4 Å². The number of hydrogen-bond donors (Lipinski definition) is 0. The number of benzene rings is 2. The second-order valence-corrected chi connectivity index (χ2v) is 9.49. The first kappa shape index (κ1) is 21.8. The van der Waals surface area contributed by atoms with E-state index in [0.29, 0.717) is 28.6 Å². The fraction of sp³-hybridized carbons (Fsp3) is 0.320. The first-order valence-electron chi connectivity index (χ1n) is 10.8. The lowest BCUT2D eigenvalue weighted by molar-refractivity contribution is -0.123. The lowest BCUT2D eigenvalue weighted by atomic mass is 10.0. The van der Waals surface area contributed by atoms with Gasteiger partial charge < -0.3 is 4.90 Å². The van der Waals surface area contributed by atoms with E-state index in [4.69, 9.17) is 12.2 Å². The number of anilines is 1. The van der Waals surface area contributed by atoms with Crippen molar-refractivity contribution in [1.82, 2.24) is 4.90 Å². The van der Waals surface area contributed by atoms with Crippen molar-refractivity contribution in [3.63, 3.8) is 0 Å². The van der Waals surface area contributed by atoms with Crippen LogP contribution in [-0.2, 0) is 22.4 Å². The molecule has 2 aliphatic heterocycles. The van der Waals surface area contributed by atoms with Crippen LogP contribution in [0.4, 0.5) is 5.69 Å². The minimum absolute atomic E-state index is 0.0645. The molecule has 0 aliphatic carbocycles. The Hall–Kier alpha value is -2.44. The third-order valence-corrected chi connectivity index (χ3v) is 7.12. The van der Waals surface area contributed by atoms with Crippen molar-refractivity contribution in [1.29, 1.82) is 0 Å². The smallest absolute Gasteiger partial charge is 0.266 e. The Labute approximate surface area is 193 Å². The molecule has 0 unspecified atom stereocenters. The van der Waals surface area contributed by atoms with E-state index in [-0.39, 0.29) is 11.8 Å². The van der Waals surface area contributed by atoms with Gasteiger partial charge in [0.05, 0.1) is 4.91 Å². The molecular formula is C25H26N2O2S2. The fourth-order valence-corrected chi connectivity index (χ4v) is 5.32. The quantitative estimate of drug-likeness (QED) is 0.447. The third kappa shape index (κ3) is 4.91. The Kier molecular flexibility index (Phi) is 6.88. The van der Waals surface area contributed by atoms with E-state index in [9.17, 15) is 9.59 Å². The SMILES string of the molecule is CCc1ccc(/C=C2/SC(=S)N(CCCC(=O)N3CCCc4ccccc43)C2=O)cc1. The predicted molar refractivity (Wildman–Crippen MR) is 132 cm³/mol. The summed E-state index contributed by atoms with van der Waals surface area (Å²) in [5.41, 5.74) is 4.53. The second-order valence-electron chi connectivity index (χ2n) is 7.81. The topological polar surface area (TPSA) is 40.6 Å². The molecule has 1 saturated heterocycles. The zero-order valence-corrected chi connectivity index (χ0v) is 19.3. The van der Waals surface area contributed by atoms with Crippen LogP contribution in [0.1, 0.15) is 42.9 Å². The molecule has 2 aliphatic rings. The highest BCUT2D eigenvalue weighted by atomic mass is 32.2. The van der Waals surface area contributed by atoms with Crippen molar-refractivity contribution >= 4 is 51.9 Å². The van der Waals surface area contributed by atoms with Crippen LogP contribution in [0.25, 0.3) is 6.08 Å². The summed E-state index contributed by atoms with van der Waals surface area (Å²) in [5, 5.41) is 0. The summed E-state index contributed by atoms with van der Waals surface area (Å²) in [6.07, 6.45) is 5.90. The van der Waals surface area contributed by atoms with Crippen LogP contribution in [0.2, 0.25) is 0 Å². The summed E-state index contributed by atoms with van der Waals surface area (Å²) in [6, 6.07) is 16.3. The van der Waals surface area contributed by atoms with Gasteiger partial charge in [-0.15, -0.1) is 0 Å². The van der Waals surface area contributed by atoms with Crippen molar-refractivity contribution in [3.05, 3.63) is 70.1 Å². The molecule has 4 rings (SSSR count). The van der Waals surface area contributed by atoms with Crippen molar-refractivity contribution in [2.24, 2.45) is 0 Å². The summed E-state index contributed by atoms with van der Waals surface area (Å²) in [4.78, 5) is 29.8. The number of fused-ring (bicyclic) bond motifs is 1. The van der Waals surface area contributed by atoms with Crippen molar-refractivity contribution in [2.45, 2.75) is 39.0 Å². The molecule has 2 amide bonds. The van der Waals surface area contributed by atoms with Crippen molar-refractivity contribution in [3.8, 4) is 0 Å². The molecule has 0 N–H and O–H groups in total. The minimum Gasteiger partial charge on any atom is -0.312 e. The fourth-order valence-electron chi connectivity index (χ4n) is 4.01. The summed E-state index contributed by atoms with van der Waals surface area (Å²) in [5.74, 6) is 0.0504. The molecule has 0 saturated carbocycles. The number of carbonyl (C=O) groups is 2. The van der Waals surface area contributed by atoms with E-state index in [1.54, 1.807) is 4.90 Å². The maximum absolute atomic E-state index is 12.8. The van der Waals surface area contributed by atoms with E-state index in [1.165, 1.54) is 22.9 Å². The summed E-state index contributed by atoms with van der Waals surface area (Å²) in [6.45, 7) is 3.35. The lowest BCUT2D eigenvalue weighted by Gasteiger charge is -2.29. The second kappa shape index (κ2) is 9.79. The molecule has 0 atom stereocenters. The molecule has 2 heterocycles. The average molecular weight is 451 g/mol. The molecule has 31 heavy (non-hydrogen) atoms. The van der Waals surface area contributed by atoms with Crippen LogP contribution in [0, 0.1) is 0 Å². The van der Waals surface area contributed by atoms with Gasteiger partial charge in [0.1, 0.15) is 4.32 Å². The molecular weight excluding hydrogens is 424 g/mol. The number of thiocarbonyl (C=S) groups is 1. The van der Waals surface area contributed by atoms with Gasteiger partial charge in [0, 0.05) is 25.2 Å². The van der Waals surface area contributed by atoms with Gasteiger partial charge in [0.15, 0.2) is 0 Å². The molecule has 0 aromatic heterocycles. The number of para-hydroxylation sites is 1. The van der Waals surface area contributed by atoms with Gasteiger partial charge in [-0.05, 0) is 54.5 Å². The number of hydrogen-bond acceptors (Lipinski definition) is 4. The molecule has 0 spiro atoms. The Balaban J connectivity index is 1.35. The number of carbonyl (C=O) groups excluding carboxylic acids is 2. The molecule has 1 fully saturated rings. The minimum atomic E-state index is -0.0645. The Morgan fingerprint density at radius 3 is 2.71 bits per heavy atom. The summed E-state index contributed by atoms with van der Waals surface area (Å²) >= 11 is 6.78. The molecule has 0 radical (unpaired) electrons. The molecule has 160 valence electrons. The number of thioether (sulfide) groups is 1. The maximum atomic E-state index is 12.8. The van der Waals surface area contributed by atoms with E-state index in [1.807, 2.05) is 41.3 Å². The average Bonchev–Trinajstić information content (AvgIpc) is 3.06. The lowest BCUT2D eigenvalue weighted by Crippen LogP contribution is -2.36. The highest BCUT2D eigenvalue weighted by Crippen LogP contribution is 2.33. The number of rotatable bonds is 6. The van der Waals surface area contributed by atoms with E-state index in [0.717, 1.165) is 37.1 Å². The standard InChI is InChI=1S/C25H26N2O2S2/c1-2-18-11-13-19(14-12-18)17-22-24(29)27(25(30)31-22)16-6-10-23(28)26-15-5-8-20-7-3-4-9-21(20)26/h3-4,7,9,11-14,17H,2,5-6,8,10,15-16H2,1H3/b22-17+. The van der Waals surface area contributed by atoms with Gasteiger partial charge in [-0.3, -0.25) is 14.5 Å². The van der Waals surface area contributed by atoms with Gasteiger partial charge in [-0.1, -0.05) is 73.4 Å². The number of nitrogens with zero attached hydrogens (tertiary/aromatic N) is 2. The van der Waals surface area contributed by atoms with Crippen molar-refractivity contribution < 1.29 is 9.59 Å². The molecule has 2 aromatic carbocycles. The van der Waals surface area contributed by atoms with Crippen LogP contribution in [-0.4, -0.2) is 34.1 Å². The zero-order chi connectivity index (χ0) is 21.8. The predicted octanol–water partition coefficient (Wildman–Crippen LogP) is 5.21. The van der Waals surface area contributed by atoms with Gasteiger partial charge in [-0.25, -0.2) is 0 Å². The molecule has 0 bridgehead atoms. The van der Waals surface area contributed by atoms with E-state index in [2.05, 4.69) is 25.1 Å². The molecule has 2 aromatic rings.